The second-order valence-corrected chi connectivity index (χ2v) is 4.66. The third kappa shape index (κ3) is 2.24. The van der Waals surface area contributed by atoms with Gasteiger partial charge in [-0.05, 0) is 18.2 Å². The Balaban J connectivity index is 0.000000111. The van der Waals surface area contributed by atoms with Gasteiger partial charge in [0, 0.05) is 5.39 Å². The van der Waals surface area contributed by atoms with E-state index in [4.69, 9.17) is 0 Å². The minimum absolute atomic E-state index is 1.09. The summed E-state index contributed by atoms with van der Waals surface area (Å²) in [5.41, 5.74) is 4.06. The Kier molecular flexibility index (Phi) is 3.02. The van der Waals surface area contributed by atoms with Crippen LogP contribution in [-0.4, -0.2) is 15.2 Å². The molecule has 2 aromatic carbocycles. The van der Waals surface area contributed by atoms with Crippen LogP contribution in [0.1, 0.15) is 0 Å². The van der Waals surface area contributed by atoms with E-state index < -0.39 is 0 Å². The Morgan fingerprint density at radius 2 is 1.78 bits per heavy atom. The monoisotopic (exact) mass is 253 g/mol. The first-order valence-corrected chi connectivity index (χ1v) is 6.48. The summed E-state index contributed by atoms with van der Waals surface area (Å²) in [6.07, 6.45) is 1.81. The smallest absolute Gasteiger partial charge is 0.0812 e. The number of hydrogen-bond acceptors (Lipinski definition) is 3. The van der Waals surface area contributed by atoms with E-state index in [0.29, 0.717) is 0 Å². The van der Waals surface area contributed by atoms with Crippen LogP contribution in [0.15, 0.2) is 60.2 Å². The van der Waals surface area contributed by atoms with Crippen molar-refractivity contribution in [2.45, 2.75) is 0 Å². The first kappa shape index (κ1) is 10.9. The molecule has 4 aromatic rings. The number of nitrogens with zero attached hydrogens (tertiary/aromatic N) is 2. The molecule has 0 saturated heterocycles. The zero-order valence-electron chi connectivity index (χ0n) is 9.58. The lowest BCUT2D eigenvalue weighted by molar-refractivity contribution is 1.12. The molecule has 18 heavy (non-hydrogen) atoms. The average Bonchev–Trinajstić information content (AvgIpc) is 3.08. The number of rotatable bonds is 0. The number of benzene rings is 2. The maximum atomic E-state index is 4.14. The van der Waals surface area contributed by atoms with Gasteiger partial charge in [-0.2, -0.15) is 5.10 Å². The lowest BCUT2D eigenvalue weighted by Crippen LogP contribution is -1.63. The van der Waals surface area contributed by atoms with Crippen LogP contribution in [0, 0.1) is 0 Å². The van der Waals surface area contributed by atoms with Gasteiger partial charge in [0.15, 0.2) is 0 Å². The highest BCUT2D eigenvalue weighted by atomic mass is 32.1. The Bertz CT molecular complexity index is 631. The molecule has 0 aliphatic carbocycles. The Morgan fingerprint density at radius 1 is 0.944 bits per heavy atom. The molecule has 1 N–H and O–H groups in total. The van der Waals surface area contributed by atoms with E-state index in [1.165, 1.54) is 4.70 Å². The summed E-state index contributed by atoms with van der Waals surface area (Å²) >= 11 is 1.68. The van der Waals surface area contributed by atoms with Crippen molar-refractivity contribution < 1.29 is 0 Å². The minimum Gasteiger partial charge on any atom is -0.278 e. The van der Waals surface area contributed by atoms with Crippen LogP contribution in [0.25, 0.3) is 21.1 Å². The Hall–Kier alpha value is -2.20. The maximum absolute atomic E-state index is 4.14. The highest BCUT2D eigenvalue weighted by Crippen LogP contribution is 2.15. The average molecular weight is 253 g/mol. The first-order chi connectivity index (χ1) is 8.93. The molecular formula is C14H11N3S. The van der Waals surface area contributed by atoms with Crippen molar-refractivity contribution in [1.82, 2.24) is 15.2 Å². The van der Waals surface area contributed by atoms with Gasteiger partial charge in [-0.25, -0.2) is 4.98 Å². The third-order valence-corrected chi connectivity index (χ3v) is 3.40. The molecule has 3 nitrogen and oxygen atoms in total. The van der Waals surface area contributed by atoms with E-state index in [1.54, 1.807) is 11.3 Å². The van der Waals surface area contributed by atoms with Crippen molar-refractivity contribution in [3.8, 4) is 0 Å². The zero-order valence-corrected chi connectivity index (χ0v) is 10.4. The van der Waals surface area contributed by atoms with Crippen LogP contribution < -0.4 is 0 Å². The Labute approximate surface area is 108 Å². The maximum Gasteiger partial charge on any atom is 0.0812 e. The second-order valence-electron chi connectivity index (χ2n) is 3.78. The van der Waals surface area contributed by atoms with Gasteiger partial charge in [-0.15, -0.1) is 11.3 Å². The summed E-state index contributed by atoms with van der Waals surface area (Å²) in [7, 11) is 0. The molecule has 0 bridgehead atoms. The minimum atomic E-state index is 1.09. The van der Waals surface area contributed by atoms with Gasteiger partial charge < -0.3 is 0 Å². The fraction of sp³-hybridized carbons (Fsp3) is 0. The molecule has 0 aliphatic heterocycles. The van der Waals surface area contributed by atoms with Gasteiger partial charge >= 0.3 is 0 Å². The van der Waals surface area contributed by atoms with E-state index in [1.807, 2.05) is 54.2 Å². The van der Waals surface area contributed by atoms with Gasteiger partial charge in [0.25, 0.3) is 0 Å². The number of thiazole rings is 1. The van der Waals surface area contributed by atoms with Crippen molar-refractivity contribution >= 4 is 32.5 Å². The lowest BCUT2D eigenvalue weighted by Gasteiger charge is -1.81. The van der Waals surface area contributed by atoms with Crippen LogP contribution in [0.4, 0.5) is 0 Å². The number of H-pyrrole nitrogens is 1. The number of aromatic amines is 1. The normalized spacial score (nSPS) is 10.2. The highest BCUT2D eigenvalue weighted by Gasteiger charge is 1.89. The predicted molar refractivity (Wildman–Crippen MR) is 75.7 cm³/mol. The number of hydrogen-bond donors (Lipinski definition) is 1. The molecule has 0 atom stereocenters. The fourth-order valence-electron chi connectivity index (χ4n) is 1.69. The van der Waals surface area contributed by atoms with Crippen LogP contribution in [0.5, 0.6) is 0 Å². The summed E-state index contributed by atoms with van der Waals surface area (Å²) in [6, 6.07) is 16.1. The number of fused-ring (bicyclic) bond motifs is 2. The molecule has 4 rings (SSSR count). The topological polar surface area (TPSA) is 41.6 Å². The predicted octanol–water partition coefficient (Wildman–Crippen LogP) is 3.86. The summed E-state index contributed by atoms with van der Waals surface area (Å²) < 4.78 is 1.26. The number of aromatic nitrogens is 3. The third-order valence-electron chi connectivity index (χ3n) is 2.59. The van der Waals surface area contributed by atoms with Crippen LogP contribution in [0.3, 0.4) is 0 Å². The summed E-state index contributed by atoms with van der Waals surface area (Å²) in [5, 5.41) is 7.91. The summed E-state index contributed by atoms with van der Waals surface area (Å²) in [6.45, 7) is 0. The van der Waals surface area contributed by atoms with Crippen LogP contribution in [0.2, 0.25) is 0 Å². The van der Waals surface area contributed by atoms with E-state index in [-0.39, 0.29) is 0 Å². The van der Waals surface area contributed by atoms with E-state index in [2.05, 4.69) is 21.2 Å². The molecule has 4 heteroatoms. The number of nitrogens with one attached hydrogen (secondary N) is 1. The van der Waals surface area contributed by atoms with Gasteiger partial charge in [0.2, 0.25) is 0 Å². The molecule has 0 fully saturated rings. The van der Waals surface area contributed by atoms with Gasteiger partial charge in [0.1, 0.15) is 0 Å². The van der Waals surface area contributed by atoms with Gasteiger partial charge in [-0.1, -0.05) is 30.3 Å². The highest BCUT2D eigenvalue weighted by molar-refractivity contribution is 7.16. The Morgan fingerprint density at radius 3 is 2.67 bits per heavy atom. The quantitative estimate of drug-likeness (QED) is 0.517. The molecule has 0 spiro atoms. The largest absolute Gasteiger partial charge is 0.278 e. The molecule has 0 saturated carbocycles. The summed E-state index contributed by atoms with van der Waals surface area (Å²) in [4.78, 5) is 4.14. The van der Waals surface area contributed by atoms with E-state index in [9.17, 15) is 0 Å². The summed E-state index contributed by atoms with van der Waals surface area (Å²) in [5.74, 6) is 0. The second kappa shape index (κ2) is 4.98. The van der Waals surface area contributed by atoms with Crippen LogP contribution >= 0.6 is 11.3 Å². The van der Waals surface area contributed by atoms with Crippen molar-refractivity contribution in [3.63, 3.8) is 0 Å². The molecule has 88 valence electrons. The van der Waals surface area contributed by atoms with Crippen molar-refractivity contribution in [3.05, 3.63) is 60.2 Å². The van der Waals surface area contributed by atoms with Crippen molar-refractivity contribution in [2.75, 3.05) is 0 Å². The standard InChI is InChI=1S/C7H6N2.C7H5NS/c1-2-4-7-6(3-1)5-8-9-7;1-2-4-7-6(3-1)8-5-9-7/h1-5H,(H,8,9);1-5H. The van der Waals surface area contributed by atoms with Gasteiger partial charge in [0.05, 0.1) is 27.4 Å². The molecule has 2 aromatic heterocycles. The molecule has 0 aliphatic rings. The van der Waals surface area contributed by atoms with Gasteiger partial charge in [-0.3, -0.25) is 5.10 Å². The molecular weight excluding hydrogens is 242 g/mol. The first-order valence-electron chi connectivity index (χ1n) is 5.60. The lowest BCUT2D eigenvalue weighted by atomic mass is 10.3. The van der Waals surface area contributed by atoms with Crippen molar-refractivity contribution in [2.24, 2.45) is 0 Å². The van der Waals surface area contributed by atoms with E-state index >= 15 is 0 Å². The molecule has 0 amide bonds. The number of para-hydroxylation sites is 2. The molecule has 2 heterocycles. The zero-order chi connectivity index (χ0) is 12.2. The van der Waals surface area contributed by atoms with E-state index in [0.717, 1.165) is 16.4 Å². The van der Waals surface area contributed by atoms with Crippen molar-refractivity contribution in [1.29, 1.82) is 0 Å². The molecule has 0 unspecified atom stereocenters. The fourth-order valence-corrected chi connectivity index (χ4v) is 2.36. The molecule has 0 radical (unpaired) electrons. The van der Waals surface area contributed by atoms with Crippen LogP contribution in [-0.2, 0) is 0 Å². The SMILES string of the molecule is c1ccc2[nH]ncc2c1.c1ccc2scnc2c1.